The maximum atomic E-state index is 17.2. The van der Waals surface area contributed by atoms with Crippen LogP contribution < -0.4 is 25.4 Å². The number of alkyl halides is 1. The molecule has 1 aromatic carbocycles. The third kappa shape index (κ3) is 4.06. The van der Waals surface area contributed by atoms with Gasteiger partial charge in [0.15, 0.2) is 11.6 Å². The summed E-state index contributed by atoms with van der Waals surface area (Å²) < 4.78 is 44.5. The van der Waals surface area contributed by atoms with Gasteiger partial charge in [-0.3, -0.25) is 4.90 Å². The van der Waals surface area contributed by atoms with Crippen LogP contribution in [0.1, 0.15) is 60.1 Å². The van der Waals surface area contributed by atoms with Crippen molar-refractivity contribution in [2.24, 2.45) is 0 Å². The van der Waals surface area contributed by atoms with Gasteiger partial charge in [-0.2, -0.15) is 15.2 Å². The first kappa shape index (κ1) is 28.0. The first-order valence-electron chi connectivity index (χ1n) is 15.8. The van der Waals surface area contributed by atoms with Crippen molar-refractivity contribution in [1.29, 1.82) is 5.26 Å². The Balaban J connectivity index is 1.23. The molecule has 2 bridgehead atoms. The van der Waals surface area contributed by atoms with Gasteiger partial charge in [-0.25, -0.2) is 8.78 Å². The fourth-order valence-corrected chi connectivity index (χ4v) is 10.2. The van der Waals surface area contributed by atoms with Gasteiger partial charge < -0.3 is 25.4 Å². The molecule has 7 heterocycles. The van der Waals surface area contributed by atoms with Gasteiger partial charge in [-0.05, 0) is 50.6 Å². The van der Waals surface area contributed by atoms with Gasteiger partial charge in [0, 0.05) is 47.6 Å². The van der Waals surface area contributed by atoms with E-state index in [0.717, 1.165) is 37.1 Å². The molecule has 3 aromatic rings. The second-order valence-corrected chi connectivity index (χ2v) is 14.8. The molecule has 234 valence electrons. The summed E-state index contributed by atoms with van der Waals surface area (Å²) in [6.45, 7) is 2.50. The Hall–Kier alpha value is -3.24. The van der Waals surface area contributed by atoms with E-state index in [1.807, 2.05) is 6.08 Å². The maximum Gasteiger partial charge on any atom is 0.319 e. The minimum atomic E-state index is -0.895. The standard InChI is InChI=1S/C32H32ClF2N7O2S/c33-25-23(17-3-1-4-21-22(17)18(10-36)29(37)45-21)26(35)27-24-28(25)43-13-20-19-6-5-16(38-19)12-42(20)30(24)40-31(39-27)44-14-32-7-2-8-41(32)11-15(34)9-32/h3,15-16,19-20,38H,1-2,4-9,11-14,37H2/t15-,16?,19?,20?,32+/m1/s1. The Labute approximate surface area is 267 Å². The maximum absolute atomic E-state index is 17.2. The van der Waals surface area contributed by atoms with Crippen molar-refractivity contribution in [1.82, 2.24) is 20.2 Å². The number of piperazine rings is 1. The molecule has 3 N–H and O–H groups in total. The van der Waals surface area contributed by atoms with Crippen molar-refractivity contribution in [3.63, 3.8) is 0 Å². The summed E-state index contributed by atoms with van der Waals surface area (Å²) in [6, 6.07) is 2.71. The Kier molecular flexibility index (Phi) is 6.31. The quantitative estimate of drug-likeness (QED) is 0.404. The molecule has 0 amide bonds. The van der Waals surface area contributed by atoms with Crippen molar-refractivity contribution in [3.8, 4) is 17.8 Å². The SMILES string of the molecule is N#Cc1c(N)sc2c1C(c1c(Cl)c3c4c(nc(OC[C@@]56CCCN5C[C@H](F)C6)nc4c1F)N1CC4CCC(N4)C1CO3)=CCC2. The number of rotatable bonds is 4. The van der Waals surface area contributed by atoms with Crippen LogP contribution in [0.3, 0.4) is 0 Å². The van der Waals surface area contributed by atoms with Gasteiger partial charge in [-0.15, -0.1) is 11.3 Å². The van der Waals surface area contributed by atoms with Crippen LogP contribution in [0.2, 0.25) is 5.02 Å². The Morgan fingerprint density at radius 3 is 3.04 bits per heavy atom. The zero-order chi connectivity index (χ0) is 30.6. The van der Waals surface area contributed by atoms with Crippen LogP contribution in [-0.2, 0) is 6.42 Å². The Morgan fingerprint density at radius 1 is 1.29 bits per heavy atom. The minimum Gasteiger partial charge on any atom is -0.489 e. The smallest absolute Gasteiger partial charge is 0.319 e. The number of hydrogen-bond acceptors (Lipinski definition) is 10. The van der Waals surface area contributed by atoms with Crippen molar-refractivity contribution >= 4 is 50.2 Å². The average molecular weight is 652 g/mol. The number of nitrogens with two attached hydrogens (primary N) is 1. The minimum absolute atomic E-state index is 0.0434. The lowest BCUT2D eigenvalue weighted by molar-refractivity contribution is 0.107. The first-order valence-corrected chi connectivity index (χ1v) is 17.0. The summed E-state index contributed by atoms with van der Waals surface area (Å²) in [7, 11) is 0. The molecule has 5 aliphatic heterocycles. The molecule has 13 heteroatoms. The average Bonchev–Trinajstić information content (AvgIpc) is 3.74. The fraction of sp³-hybridized carbons (Fsp3) is 0.531. The summed E-state index contributed by atoms with van der Waals surface area (Å²) >= 11 is 8.49. The number of anilines is 2. The molecule has 9 nitrogen and oxygen atoms in total. The highest BCUT2D eigenvalue weighted by molar-refractivity contribution is 7.16. The zero-order valence-corrected chi connectivity index (χ0v) is 26.1. The van der Waals surface area contributed by atoms with E-state index in [0.29, 0.717) is 77.6 Å². The van der Waals surface area contributed by atoms with Crippen molar-refractivity contribution in [2.45, 2.75) is 74.8 Å². The van der Waals surface area contributed by atoms with E-state index < -0.39 is 17.5 Å². The Bertz CT molecular complexity index is 1840. The van der Waals surface area contributed by atoms with Crippen LogP contribution in [0, 0.1) is 17.1 Å². The molecular formula is C32H32ClF2N7O2S. The van der Waals surface area contributed by atoms with E-state index in [4.69, 9.17) is 31.8 Å². The lowest BCUT2D eigenvalue weighted by atomic mass is 9.88. The van der Waals surface area contributed by atoms with Crippen LogP contribution in [0.25, 0.3) is 16.5 Å². The lowest BCUT2D eigenvalue weighted by Crippen LogP contribution is -2.60. The number of hydrogen-bond donors (Lipinski definition) is 2. The molecule has 2 aromatic heterocycles. The van der Waals surface area contributed by atoms with Crippen molar-refractivity contribution in [2.75, 3.05) is 43.5 Å². The number of thiophene rings is 1. The van der Waals surface area contributed by atoms with Gasteiger partial charge in [-0.1, -0.05) is 17.7 Å². The molecule has 3 unspecified atom stereocenters. The molecule has 6 aliphatic rings. The summed E-state index contributed by atoms with van der Waals surface area (Å²) in [4.78, 5) is 14.9. The van der Waals surface area contributed by atoms with Crippen LogP contribution >= 0.6 is 22.9 Å². The highest BCUT2D eigenvalue weighted by Gasteiger charge is 2.50. The van der Waals surface area contributed by atoms with E-state index in [1.165, 1.54) is 11.3 Å². The third-order valence-corrected chi connectivity index (χ3v) is 12.2. The highest BCUT2D eigenvalue weighted by atomic mass is 35.5. The predicted octanol–water partition coefficient (Wildman–Crippen LogP) is 4.97. The van der Waals surface area contributed by atoms with Gasteiger partial charge in [0.25, 0.3) is 0 Å². The van der Waals surface area contributed by atoms with Gasteiger partial charge >= 0.3 is 6.01 Å². The van der Waals surface area contributed by atoms with E-state index >= 15 is 4.39 Å². The molecule has 45 heavy (non-hydrogen) atoms. The fourth-order valence-electron chi connectivity index (χ4n) is 8.78. The van der Waals surface area contributed by atoms with E-state index in [-0.39, 0.29) is 46.8 Å². The van der Waals surface area contributed by atoms with Crippen molar-refractivity contribution < 1.29 is 18.3 Å². The molecule has 0 radical (unpaired) electrons. The number of aryl methyl sites for hydroxylation is 1. The molecule has 5 atom stereocenters. The van der Waals surface area contributed by atoms with Crippen LogP contribution in [0.15, 0.2) is 6.08 Å². The summed E-state index contributed by atoms with van der Waals surface area (Å²) in [6.07, 6.45) is 6.66. The number of nitrogens with one attached hydrogen (secondary N) is 1. The number of aromatic nitrogens is 2. The van der Waals surface area contributed by atoms with Gasteiger partial charge in [0.1, 0.15) is 41.8 Å². The number of nitrogen functional groups attached to an aromatic ring is 1. The third-order valence-electron chi connectivity index (χ3n) is 10.8. The summed E-state index contributed by atoms with van der Waals surface area (Å²) in [5.41, 5.74) is 7.50. The molecular weight excluding hydrogens is 620 g/mol. The number of nitrogens with zero attached hydrogens (tertiary/aromatic N) is 5. The van der Waals surface area contributed by atoms with E-state index in [2.05, 4.69) is 26.2 Å². The molecule has 4 saturated heterocycles. The largest absolute Gasteiger partial charge is 0.489 e. The summed E-state index contributed by atoms with van der Waals surface area (Å²) in [5, 5.41) is 14.6. The number of ether oxygens (including phenoxy) is 2. The normalized spacial score (nSPS) is 29.9. The van der Waals surface area contributed by atoms with E-state index in [9.17, 15) is 9.65 Å². The molecule has 1 aliphatic carbocycles. The monoisotopic (exact) mass is 651 g/mol. The topological polar surface area (TPSA) is 113 Å². The van der Waals surface area contributed by atoms with E-state index in [1.54, 1.807) is 0 Å². The van der Waals surface area contributed by atoms with Crippen LogP contribution in [-0.4, -0.2) is 77.6 Å². The number of fused-ring (bicyclic) bond motifs is 7. The van der Waals surface area contributed by atoms with Crippen LogP contribution in [0.4, 0.5) is 19.6 Å². The lowest BCUT2D eigenvalue weighted by Gasteiger charge is -2.40. The molecule has 4 fully saturated rings. The number of nitriles is 1. The number of benzene rings is 1. The second-order valence-electron chi connectivity index (χ2n) is 13.2. The first-order chi connectivity index (χ1) is 21.8. The second kappa shape index (κ2) is 10.1. The predicted molar refractivity (Wildman–Crippen MR) is 168 cm³/mol. The number of halogens is 3. The highest BCUT2D eigenvalue weighted by Crippen LogP contribution is 2.51. The van der Waals surface area contributed by atoms with Crippen molar-refractivity contribution in [3.05, 3.63) is 38.5 Å². The van der Waals surface area contributed by atoms with Gasteiger partial charge in [0.05, 0.1) is 27.6 Å². The van der Waals surface area contributed by atoms with Crippen LogP contribution in [0.5, 0.6) is 11.8 Å². The molecule has 9 rings (SSSR count). The Morgan fingerprint density at radius 2 is 2.18 bits per heavy atom. The molecule has 0 saturated carbocycles. The zero-order valence-electron chi connectivity index (χ0n) is 24.5. The van der Waals surface area contributed by atoms with Gasteiger partial charge in [0.2, 0.25) is 0 Å². The molecule has 0 spiro atoms. The summed E-state index contributed by atoms with van der Waals surface area (Å²) in [5.74, 6) is 0.261. The number of allylic oxidation sites excluding steroid dienone is 1.